The number of rotatable bonds is 3. The van der Waals surface area contributed by atoms with Crippen molar-refractivity contribution >= 4 is 15.9 Å². The highest BCUT2D eigenvalue weighted by Crippen LogP contribution is 2.36. The maximum Gasteiger partial charge on any atom is 0.421 e. The zero-order valence-electron chi connectivity index (χ0n) is 10.1. The van der Waals surface area contributed by atoms with Gasteiger partial charge in [-0.1, -0.05) is 0 Å². The normalized spacial score (nSPS) is 20.3. The summed E-state index contributed by atoms with van der Waals surface area (Å²) in [6, 6.07) is 0.988. The molecule has 2 rings (SSSR count). The third-order valence-electron chi connectivity index (χ3n) is 2.98. The Hall–Kier alpha value is -0.820. The summed E-state index contributed by atoms with van der Waals surface area (Å²) in [5.41, 5.74) is -0.842. The van der Waals surface area contributed by atoms with Crippen LogP contribution in [0, 0.1) is 5.92 Å². The molecule has 0 aliphatic carbocycles. The van der Waals surface area contributed by atoms with Crippen molar-refractivity contribution in [1.82, 2.24) is 10.3 Å². The van der Waals surface area contributed by atoms with Crippen molar-refractivity contribution in [1.29, 1.82) is 0 Å². The summed E-state index contributed by atoms with van der Waals surface area (Å²) in [5, 5.41) is 3.19. The Labute approximate surface area is 117 Å². The first kappa shape index (κ1) is 14.6. The molecule has 0 radical (unpaired) electrons. The number of alkyl halides is 3. The monoisotopic (exact) mass is 338 g/mol. The lowest BCUT2D eigenvalue weighted by Gasteiger charge is -2.23. The fourth-order valence-electron chi connectivity index (χ4n) is 2.01. The summed E-state index contributed by atoms with van der Waals surface area (Å²) in [7, 11) is 0. The van der Waals surface area contributed by atoms with Crippen LogP contribution in [-0.4, -0.2) is 24.7 Å². The van der Waals surface area contributed by atoms with Crippen molar-refractivity contribution in [2.45, 2.75) is 19.0 Å². The van der Waals surface area contributed by atoms with E-state index in [2.05, 4.69) is 26.2 Å². The smallest absolute Gasteiger partial charge is 0.421 e. The quantitative estimate of drug-likeness (QED) is 0.918. The maximum absolute atomic E-state index is 12.8. The molecule has 3 nitrogen and oxygen atoms in total. The predicted molar refractivity (Wildman–Crippen MR) is 68.0 cm³/mol. The highest BCUT2D eigenvalue weighted by Gasteiger charge is 2.35. The van der Waals surface area contributed by atoms with Crippen molar-refractivity contribution in [3.8, 4) is 5.88 Å². The number of aromatic nitrogens is 1. The van der Waals surface area contributed by atoms with Crippen molar-refractivity contribution < 1.29 is 17.9 Å². The molecule has 1 aliphatic heterocycles. The van der Waals surface area contributed by atoms with Crippen molar-refractivity contribution in [2.24, 2.45) is 5.92 Å². The molecule has 2 heterocycles. The van der Waals surface area contributed by atoms with Crippen molar-refractivity contribution in [2.75, 3.05) is 19.7 Å². The molecule has 1 fully saturated rings. The third kappa shape index (κ3) is 4.07. The van der Waals surface area contributed by atoms with Crippen LogP contribution in [0.1, 0.15) is 18.4 Å². The molecule has 1 N–H and O–H groups in total. The van der Waals surface area contributed by atoms with Gasteiger partial charge >= 0.3 is 6.18 Å². The van der Waals surface area contributed by atoms with Gasteiger partial charge in [-0.15, -0.1) is 0 Å². The van der Waals surface area contributed by atoms with Crippen LogP contribution in [0.15, 0.2) is 16.7 Å². The highest BCUT2D eigenvalue weighted by atomic mass is 79.9. The van der Waals surface area contributed by atoms with Gasteiger partial charge in [-0.3, -0.25) is 0 Å². The van der Waals surface area contributed by atoms with Gasteiger partial charge in [-0.05, 0) is 41.4 Å². The predicted octanol–water partition coefficient (Wildman–Crippen LogP) is 3.24. The largest absolute Gasteiger partial charge is 0.477 e. The summed E-state index contributed by atoms with van der Waals surface area (Å²) >= 11 is 2.99. The first-order chi connectivity index (χ1) is 8.97. The van der Waals surface area contributed by atoms with Gasteiger partial charge in [0.2, 0.25) is 5.88 Å². The number of pyridine rings is 1. The molecule has 19 heavy (non-hydrogen) atoms. The second-order valence-electron chi connectivity index (χ2n) is 4.53. The topological polar surface area (TPSA) is 34.1 Å². The zero-order valence-corrected chi connectivity index (χ0v) is 11.7. The lowest BCUT2D eigenvalue weighted by atomic mass is 10.0. The van der Waals surface area contributed by atoms with E-state index >= 15 is 0 Å². The lowest BCUT2D eigenvalue weighted by Crippen LogP contribution is -2.33. The molecule has 0 saturated carbocycles. The molecule has 1 aromatic rings. The summed E-state index contributed by atoms with van der Waals surface area (Å²) in [5.74, 6) is -0.110. The second-order valence-corrected chi connectivity index (χ2v) is 5.44. The molecular weight excluding hydrogens is 325 g/mol. The van der Waals surface area contributed by atoms with Crippen LogP contribution in [-0.2, 0) is 6.18 Å². The summed E-state index contributed by atoms with van der Waals surface area (Å²) in [4.78, 5) is 3.72. The third-order valence-corrected chi connectivity index (χ3v) is 3.41. The van der Waals surface area contributed by atoms with Crippen LogP contribution in [0.5, 0.6) is 5.88 Å². The van der Waals surface area contributed by atoms with E-state index in [9.17, 15) is 13.2 Å². The van der Waals surface area contributed by atoms with Gasteiger partial charge in [-0.25, -0.2) is 4.98 Å². The summed E-state index contributed by atoms with van der Waals surface area (Å²) < 4.78 is 44.1. The fourth-order valence-corrected chi connectivity index (χ4v) is 2.34. The Bertz CT molecular complexity index is 433. The van der Waals surface area contributed by atoms with E-state index in [-0.39, 0.29) is 22.9 Å². The van der Waals surface area contributed by atoms with Crippen LogP contribution >= 0.6 is 15.9 Å². The average Bonchev–Trinajstić information content (AvgIpc) is 2.37. The van der Waals surface area contributed by atoms with E-state index in [0.717, 1.165) is 32.0 Å². The molecule has 1 unspecified atom stereocenters. The fraction of sp³-hybridized carbons (Fsp3) is 0.583. The van der Waals surface area contributed by atoms with Gasteiger partial charge < -0.3 is 10.1 Å². The molecule has 106 valence electrons. The number of halogens is 4. The first-order valence-electron chi connectivity index (χ1n) is 6.03. The standard InChI is InChI=1S/C12H14BrF3N2O/c13-9-4-10(12(14,15)16)11(18-6-9)19-7-8-2-1-3-17-5-8/h4,6,8,17H,1-3,5,7H2. The summed E-state index contributed by atoms with van der Waals surface area (Å²) in [6.07, 6.45) is -1.17. The van der Waals surface area contributed by atoms with E-state index in [1.54, 1.807) is 0 Å². The molecular formula is C12H14BrF3N2O. The molecule has 1 atom stereocenters. The van der Waals surface area contributed by atoms with Crippen LogP contribution in [0.25, 0.3) is 0 Å². The van der Waals surface area contributed by atoms with E-state index in [1.165, 1.54) is 6.20 Å². The number of hydrogen-bond acceptors (Lipinski definition) is 3. The number of hydrogen-bond donors (Lipinski definition) is 1. The van der Waals surface area contributed by atoms with Gasteiger partial charge in [0, 0.05) is 23.1 Å². The van der Waals surface area contributed by atoms with Crippen LogP contribution in [0.4, 0.5) is 13.2 Å². The number of ether oxygens (including phenoxy) is 1. The first-order valence-corrected chi connectivity index (χ1v) is 6.82. The second kappa shape index (κ2) is 6.09. The maximum atomic E-state index is 12.8. The molecule has 0 spiro atoms. The van der Waals surface area contributed by atoms with Crippen molar-refractivity contribution in [3.05, 3.63) is 22.3 Å². The van der Waals surface area contributed by atoms with Crippen LogP contribution < -0.4 is 10.1 Å². The van der Waals surface area contributed by atoms with Crippen LogP contribution in [0.2, 0.25) is 0 Å². The lowest BCUT2D eigenvalue weighted by molar-refractivity contribution is -0.139. The summed E-state index contributed by atoms with van der Waals surface area (Å²) in [6.45, 7) is 1.99. The number of piperidine rings is 1. The Morgan fingerprint density at radius 2 is 2.26 bits per heavy atom. The average molecular weight is 339 g/mol. The van der Waals surface area contributed by atoms with Gasteiger partial charge in [0.1, 0.15) is 5.56 Å². The minimum atomic E-state index is -4.46. The zero-order chi connectivity index (χ0) is 13.9. The number of nitrogens with zero attached hydrogens (tertiary/aromatic N) is 1. The van der Waals surface area contributed by atoms with Gasteiger partial charge in [0.15, 0.2) is 0 Å². The Morgan fingerprint density at radius 3 is 2.89 bits per heavy atom. The number of nitrogens with one attached hydrogen (secondary N) is 1. The minimum absolute atomic E-state index is 0.236. The van der Waals surface area contributed by atoms with Gasteiger partial charge in [-0.2, -0.15) is 13.2 Å². The van der Waals surface area contributed by atoms with Crippen molar-refractivity contribution in [3.63, 3.8) is 0 Å². The van der Waals surface area contributed by atoms with Gasteiger partial charge in [0.05, 0.1) is 6.61 Å². The Balaban J connectivity index is 2.06. The molecule has 0 amide bonds. The van der Waals surface area contributed by atoms with E-state index in [1.807, 2.05) is 0 Å². The van der Waals surface area contributed by atoms with E-state index in [0.29, 0.717) is 0 Å². The SMILES string of the molecule is FC(F)(F)c1cc(Br)cnc1OCC1CCCNC1. The van der Waals surface area contributed by atoms with E-state index < -0.39 is 11.7 Å². The Morgan fingerprint density at radius 1 is 1.47 bits per heavy atom. The molecule has 0 bridgehead atoms. The highest BCUT2D eigenvalue weighted by molar-refractivity contribution is 9.10. The molecule has 1 saturated heterocycles. The molecule has 7 heteroatoms. The molecule has 1 aliphatic rings. The molecule has 1 aromatic heterocycles. The van der Waals surface area contributed by atoms with Crippen LogP contribution in [0.3, 0.4) is 0 Å². The minimum Gasteiger partial charge on any atom is -0.477 e. The molecule has 0 aromatic carbocycles. The Kier molecular flexibility index (Phi) is 4.67. The van der Waals surface area contributed by atoms with E-state index in [4.69, 9.17) is 4.74 Å². The van der Waals surface area contributed by atoms with Gasteiger partial charge in [0.25, 0.3) is 0 Å².